The van der Waals surface area contributed by atoms with Crippen molar-refractivity contribution in [3.63, 3.8) is 0 Å². The number of piperazine rings is 1. The summed E-state index contributed by atoms with van der Waals surface area (Å²) < 4.78 is 1.80. The Hall–Kier alpha value is -4.13. The molecule has 1 aromatic heterocycles. The highest BCUT2D eigenvalue weighted by Gasteiger charge is 2.25. The molecular formula is C27H27N5O2. The number of carbonyl (C=O) groups is 1. The number of aromatic nitrogens is 2. The normalized spacial score (nSPS) is 13.8. The lowest BCUT2D eigenvalue weighted by molar-refractivity contribution is 0.208. The highest BCUT2D eigenvalue weighted by atomic mass is 16.2. The van der Waals surface area contributed by atoms with Crippen molar-refractivity contribution >= 4 is 28.6 Å². The number of urea groups is 1. The summed E-state index contributed by atoms with van der Waals surface area (Å²) in [4.78, 5) is 34.8. The zero-order valence-electron chi connectivity index (χ0n) is 19.1. The van der Waals surface area contributed by atoms with Crippen LogP contribution in [0.5, 0.6) is 0 Å². The van der Waals surface area contributed by atoms with E-state index in [2.05, 4.69) is 5.32 Å². The Morgan fingerprint density at radius 3 is 2.41 bits per heavy atom. The van der Waals surface area contributed by atoms with Crippen molar-refractivity contribution in [1.29, 1.82) is 0 Å². The Morgan fingerprint density at radius 1 is 0.912 bits per heavy atom. The minimum atomic E-state index is -0.127. The minimum absolute atomic E-state index is 0.111. The summed E-state index contributed by atoms with van der Waals surface area (Å²) in [6.07, 6.45) is 0. The molecule has 0 bridgehead atoms. The summed E-state index contributed by atoms with van der Waals surface area (Å²) in [6, 6.07) is 25.3. The number of para-hydroxylation sites is 2. The number of carbonyl (C=O) groups excluding carboxylic acids is 1. The highest BCUT2D eigenvalue weighted by molar-refractivity contribution is 5.89. The largest absolute Gasteiger partial charge is 0.348 e. The molecule has 172 valence electrons. The van der Waals surface area contributed by atoms with Crippen LogP contribution in [-0.4, -0.2) is 46.7 Å². The van der Waals surface area contributed by atoms with E-state index < -0.39 is 0 Å². The summed E-state index contributed by atoms with van der Waals surface area (Å²) in [7, 11) is 0. The predicted octanol–water partition coefficient (Wildman–Crippen LogP) is 4.11. The lowest BCUT2D eigenvalue weighted by atomic mass is 10.2. The first kappa shape index (κ1) is 21.7. The van der Waals surface area contributed by atoms with Crippen LogP contribution in [-0.2, 0) is 6.54 Å². The summed E-state index contributed by atoms with van der Waals surface area (Å²) >= 11 is 0. The van der Waals surface area contributed by atoms with E-state index in [9.17, 15) is 9.59 Å². The Morgan fingerprint density at radius 2 is 1.65 bits per heavy atom. The van der Waals surface area contributed by atoms with Crippen LogP contribution in [0.1, 0.15) is 11.1 Å². The SMILES string of the molecule is Cc1cccc(NC(=O)N2CCN(c3nc4ccccc4n(Cc4ccccc4)c3=O)CC2)c1. The third-order valence-electron chi connectivity index (χ3n) is 6.15. The monoisotopic (exact) mass is 453 g/mol. The first-order valence-electron chi connectivity index (χ1n) is 11.5. The third kappa shape index (κ3) is 4.50. The van der Waals surface area contributed by atoms with Gasteiger partial charge in [0.15, 0.2) is 5.82 Å². The molecule has 1 saturated heterocycles. The van der Waals surface area contributed by atoms with Gasteiger partial charge in [-0.3, -0.25) is 9.36 Å². The molecule has 1 aliphatic rings. The van der Waals surface area contributed by atoms with Crippen LogP contribution in [0.15, 0.2) is 83.7 Å². The van der Waals surface area contributed by atoms with Gasteiger partial charge in [0.2, 0.25) is 0 Å². The van der Waals surface area contributed by atoms with Crippen LogP contribution < -0.4 is 15.8 Å². The van der Waals surface area contributed by atoms with Crippen LogP contribution in [0, 0.1) is 6.92 Å². The molecule has 34 heavy (non-hydrogen) atoms. The van der Waals surface area contributed by atoms with Crippen molar-refractivity contribution in [2.45, 2.75) is 13.5 Å². The van der Waals surface area contributed by atoms with E-state index in [0.29, 0.717) is 38.5 Å². The van der Waals surface area contributed by atoms with Crippen molar-refractivity contribution < 1.29 is 4.79 Å². The fourth-order valence-electron chi connectivity index (χ4n) is 4.35. The van der Waals surface area contributed by atoms with E-state index in [-0.39, 0.29) is 11.6 Å². The van der Waals surface area contributed by atoms with Gasteiger partial charge in [-0.05, 0) is 42.3 Å². The van der Waals surface area contributed by atoms with E-state index in [1.807, 2.05) is 90.7 Å². The van der Waals surface area contributed by atoms with Gasteiger partial charge >= 0.3 is 6.03 Å². The molecule has 7 heteroatoms. The second-order valence-electron chi connectivity index (χ2n) is 8.57. The lowest BCUT2D eigenvalue weighted by Crippen LogP contribution is -2.51. The number of amides is 2. The lowest BCUT2D eigenvalue weighted by Gasteiger charge is -2.35. The molecule has 2 amide bonds. The number of nitrogens with zero attached hydrogens (tertiary/aromatic N) is 4. The molecule has 1 fully saturated rings. The number of hydrogen-bond donors (Lipinski definition) is 1. The molecule has 0 saturated carbocycles. The van der Waals surface area contributed by atoms with Crippen LogP contribution in [0.25, 0.3) is 11.0 Å². The molecule has 5 rings (SSSR count). The number of anilines is 2. The topological polar surface area (TPSA) is 70.5 Å². The van der Waals surface area contributed by atoms with Gasteiger partial charge in [-0.2, -0.15) is 0 Å². The molecule has 0 spiro atoms. The second-order valence-corrected chi connectivity index (χ2v) is 8.57. The van der Waals surface area contributed by atoms with Gasteiger partial charge < -0.3 is 15.1 Å². The van der Waals surface area contributed by atoms with Crippen LogP contribution >= 0.6 is 0 Å². The minimum Gasteiger partial charge on any atom is -0.348 e. The third-order valence-corrected chi connectivity index (χ3v) is 6.15. The van der Waals surface area contributed by atoms with Crippen molar-refractivity contribution in [2.75, 3.05) is 36.4 Å². The Bertz CT molecular complexity index is 1370. The smallest absolute Gasteiger partial charge is 0.321 e. The first-order valence-corrected chi connectivity index (χ1v) is 11.5. The number of benzene rings is 3. The molecule has 0 radical (unpaired) electrons. The molecule has 4 aromatic rings. The van der Waals surface area contributed by atoms with Gasteiger partial charge in [-0.1, -0.05) is 54.6 Å². The van der Waals surface area contributed by atoms with Crippen molar-refractivity contribution in [1.82, 2.24) is 14.5 Å². The maximum atomic E-state index is 13.5. The summed E-state index contributed by atoms with van der Waals surface area (Å²) in [5.74, 6) is 0.438. The maximum absolute atomic E-state index is 13.5. The standard InChI is InChI=1S/C27H27N5O2/c1-20-8-7-11-22(18-20)28-27(34)31-16-14-30(15-17-31)25-26(33)32(19-21-9-3-2-4-10-21)24-13-6-5-12-23(24)29-25/h2-13,18H,14-17,19H2,1H3,(H,28,34). The van der Waals surface area contributed by atoms with Gasteiger partial charge in [0.25, 0.3) is 5.56 Å². The van der Waals surface area contributed by atoms with E-state index in [1.165, 1.54) is 0 Å². The molecular weight excluding hydrogens is 426 g/mol. The second kappa shape index (κ2) is 9.39. The van der Waals surface area contributed by atoms with Gasteiger partial charge in [-0.15, -0.1) is 0 Å². The summed E-state index contributed by atoms with van der Waals surface area (Å²) in [5, 5.41) is 2.97. The fourth-order valence-corrected chi connectivity index (χ4v) is 4.35. The first-order chi connectivity index (χ1) is 16.6. The average molecular weight is 454 g/mol. The molecule has 7 nitrogen and oxygen atoms in total. The average Bonchev–Trinajstić information content (AvgIpc) is 2.86. The zero-order valence-corrected chi connectivity index (χ0v) is 19.1. The van der Waals surface area contributed by atoms with Crippen molar-refractivity contribution in [2.24, 2.45) is 0 Å². The summed E-state index contributed by atoms with van der Waals surface area (Å²) in [6.45, 7) is 4.61. The van der Waals surface area contributed by atoms with E-state index in [0.717, 1.165) is 27.8 Å². The Labute approximate surface area is 198 Å². The molecule has 3 aromatic carbocycles. The molecule has 0 atom stereocenters. The van der Waals surface area contributed by atoms with Crippen LogP contribution in [0.2, 0.25) is 0 Å². The molecule has 0 aliphatic carbocycles. The predicted molar refractivity (Wildman–Crippen MR) is 136 cm³/mol. The molecule has 1 aliphatic heterocycles. The van der Waals surface area contributed by atoms with Crippen molar-refractivity contribution in [3.05, 3.63) is 100 Å². The van der Waals surface area contributed by atoms with E-state index in [1.54, 1.807) is 9.47 Å². The molecule has 0 unspecified atom stereocenters. The van der Waals surface area contributed by atoms with Crippen LogP contribution in [0.3, 0.4) is 0 Å². The molecule has 2 heterocycles. The Balaban J connectivity index is 1.36. The van der Waals surface area contributed by atoms with E-state index >= 15 is 0 Å². The van der Waals surface area contributed by atoms with Gasteiger partial charge in [-0.25, -0.2) is 9.78 Å². The van der Waals surface area contributed by atoms with Gasteiger partial charge in [0.1, 0.15) is 0 Å². The Kier molecular flexibility index (Phi) is 5.99. The van der Waals surface area contributed by atoms with Gasteiger partial charge in [0.05, 0.1) is 17.6 Å². The van der Waals surface area contributed by atoms with Crippen molar-refractivity contribution in [3.8, 4) is 0 Å². The van der Waals surface area contributed by atoms with E-state index in [4.69, 9.17) is 4.98 Å². The maximum Gasteiger partial charge on any atom is 0.321 e. The number of rotatable bonds is 4. The number of aryl methyl sites for hydroxylation is 1. The van der Waals surface area contributed by atoms with Crippen LogP contribution in [0.4, 0.5) is 16.3 Å². The number of fused-ring (bicyclic) bond motifs is 1. The van der Waals surface area contributed by atoms with Gasteiger partial charge in [0, 0.05) is 31.9 Å². The zero-order chi connectivity index (χ0) is 23.5. The number of hydrogen-bond acceptors (Lipinski definition) is 4. The quantitative estimate of drug-likeness (QED) is 0.505. The fraction of sp³-hybridized carbons (Fsp3) is 0.222. The highest BCUT2D eigenvalue weighted by Crippen LogP contribution is 2.18. The summed E-state index contributed by atoms with van der Waals surface area (Å²) in [5.41, 5.74) is 4.43. The molecule has 1 N–H and O–H groups in total. The number of nitrogens with one attached hydrogen (secondary N) is 1.